The predicted molar refractivity (Wildman–Crippen MR) is 103 cm³/mol. The van der Waals surface area contributed by atoms with E-state index in [1.165, 1.54) is 18.2 Å². The SMILES string of the molecule is CN(C1=NC(=O)/C(=C/c2ccc([N+](=O)[O-])cc2)S1)c1ccccc1C(=O)O. The van der Waals surface area contributed by atoms with E-state index in [9.17, 15) is 24.8 Å². The number of amides is 1. The number of carboxylic acids is 1. The summed E-state index contributed by atoms with van der Waals surface area (Å²) in [6.45, 7) is 0. The normalized spacial score (nSPS) is 14.9. The van der Waals surface area contributed by atoms with Crippen LogP contribution in [0.1, 0.15) is 15.9 Å². The highest BCUT2D eigenvalue weighted by Gasteiger charge is 2.27. The van der Waals surface area contributed by atoms with Gasteiger partial charge in [0, 0.05) is 19.2 Å². The Labute approximate surface area is 158 Å². The van der Waals surface area contributed by atoms with E-state index in [0.29, 0.717) is 21.3 Å². The number of hydrogen-bond acceptors (Lipinski definition) is 6. The number of benzene rings is 2. The highest BCUT2D eigenvalue weighted by molar-refractivity contribution is 8.18. The maximum Gasteiger partial charge on any atom is 0.337 e. The van der Waals surface area contributed by atoms with Crippen LogP contribution in [0, 0.1) is 10.1 Å². The van der Waals surface area contributed by atoms with Gasteiger partial charge in [-0.2, -0.15) is 4.99 Å². The van der Waals surface area contributed by atoms with Crippen LogP contribution in [0.5, 0.6) is 0 Å². The number of para-hydroxylation sites is 1. The number of carboxylic acid groups (broad SMARTS) is 1. The fourth-order valence-electron chi connectivity index (χ4n) is 2.44. The van der Waals surface area contributed by atoms with E-state index in [1.807, 2.05) is 0 Å². The van der Waals surface area contributed by atoms with Crippen molar-refractivity contribution in [3.63, 3.8) is 0 Å². The van der Waals surface area contributed by atoms with E-state index in [2.05, 4.69) is 4.99 Å². The lowest BCUT2D eigenvalue weighted by atomic mass is 10.1. The number of hydrogen-bond donors (Lipinski definition) is 1. The van der Waals surface area contributed by atoms with Crippen LogP contribution in [-0.2, 0) is 4.79 Å². The first-order valence-corrected chi connectivity index (χ1v) is 8.51. The molecule has 9 heteroatoms. The molecule has 1 heterocycles. The van der Waals surface area contributed by atoms with E-state index in [0.717, 1.165) is 11.8 Å². The first-order valence-electron chi connectivity index (χ1n) is 7.70. The average molecular weight is 383 g/mol. The highest BCUT2D eigenvalue weighted by atomic mass is 32.2. The van der Waals surface area contributed by atoms with Crippen LogP contribution in [0.15, 0.2) is 58.4 Å². The number of anilines is 1. The zero-order valence-electron chi connectivity index (χ0n) is 14.0. The molecule has 27 heavy (non-hydrogen) atoms. The lowest BCUT2D eigenvalue weighted by Crippen LogP contribution is -2.24. The molecule has 1 amide bonds. The van der Waals surface area contributed by atoms with Crippen LogP contribution >= 0.6 is 11.8 Å². The molecule has 1 aliphatic heterocycles. The second-order valence-corrected chi connectivity index (χ2v) is 6.55. The van der Waals surface area contributed by atoms with E-state index >= 15 is 0 Å². The molecule has 0 aromatic heterocycles. The maximum absolute atomic E-state index is 12.2. The number of nitro groups is 1. The van der Waals surface area contributed by atoms with Gasteiger partial charge in [-0.1, -0.05) is 12.1 Å². The maximum atomic E-state index is 12.2. The zero-order valence-corrected chi connectivity index (χ0v) is 14.8. The monoisotopic (exact) mass is 383 g/mol. The average Bonchev–Trinajstić information content (AvgIpc) is 3.02. The number of carbonyl (C=O) groups is 2. The van der Waals surface area contributed by atoms with Gasteiger partial charge in [0.05, 0.1) is 21.1 Å². The van der Waals surface area contributed by atoms with Gasteiger partial charge in [-0.25, -0.2) is 4.79 Å². The summed E-state index contributed by atoms with van der Waals surface area (Å²) < 4.78 is 0. The van der Waals surface area contributed by atoms with Crippen molar-refractivity contribution < 1.29 is 19.6 Å². The molecule has 2 aromatic carbocycles. The van der Waals surface area contributed by atoms with Gasteiger partial charge in [0.1, 0.15) is 0 Å². The largest absolute Gasteiger partial charge is 0.478 e. The Morgan fingerprint density at radius 1 is 1.22 bits per heavy atom. The van der Waals surface area contributed by atoms with E-state index in [-0.39, 0.29) is 11.3 Å². The molecule has 0 bridgehead atoms. The van der Waals surface area contributed by atoms with Crippen molar-refractivity contribution in [1.29, 1.82) is 0 Å². The summed E-state index contributed by atoms with van der Waals surface area (Å²) in [6.07, 6.45) is 1.59. The molecule has 0 saturated carbocycles. The number of amidine groups is 1. The Hall–Kier alpha value is -3.46. The number of nitro benzene ring substituents is 1. The molecule has 0 unspecified atom stereocenters. The Balaban J connectivity index is 1.83. The van der Waals surface area contributed by atoms with Gasteiger partial charge in [-0.05, 0) is 47.7 Å². The van der Waals surface area contributed by atoms with Crippen molar-refractivity contribution in [2.45, 2.75) is 0 Å². The number of carbonyl (C=O) groups excluding carboxylic acids is 1. The van der Waals surface area contributed by atoms with Gasteiger partial charge < -0.3 is 10.0 Å². The first kappa shape index (κ1) is 18.3. The van der Waals surface area contributed by atoms with E-state index in [1.54, 1.807) is 48.4 Å². The molecule has 0 radical (unpaired) electrons. The van der Waals surface area contributed by atoms with Crippen LogP contribution < -0.4 is 4.90 Å². The highest BCUT2D eigenvalue weighted by Crippen LogP contribution is 2.33. The minimum Gasteiger partial charge on any atom is -0.478 e. The molecule has 136 valence electrons. The minimum absolute atomic E-state index is 0.0375. The quantitative estimate of drug-likeness (QED) is 0.489. The zero-order chi connectivity index (χ0) is 19.6. The molecular formula is C18H13N3O5S. The molecule has 0 fully saturated rings. The lowest BCUT2D eigenvalue weighted by Gasteiger charge is -2.19. The number of thioether (sulfide) groups is 1. The summed E-state index contributed by atoms with van der Waals surface area (Å²) in [5, 5.41) is 20.4. The van der Waals surface area contributed by atoms with Crippen LogP contribution in [-0.4, -0.2) is 34.1 Å². The summed E-state index contributed by atoms with van der Waals surface area (Å²) in [6, 6.07) is 12.2. The smallest absolute Gasteiger partial charge is 0.337 e. The van der Waals surface area contributed by atoms with Crippen molar-refractivity contribution in [1.82, 2.24) is 0 Å². The van der Waals surface area contributed by atoms with Crippen molar-refractivity contribution >= 4 is 46.3 Å². The molecule has 0 aliphatic carbocycles. The third kappa shape index (κ3) is 3.87. The van der Waals surface area contributed by atoms with Crippen LogP contribution in [0.2, 0.25) is 0 Å². The van der Waals surface area contributed by atoms with E-state index < -0.39 is 16.8 Å². The Bertz CT molecular complexity index is 998. The van der Waals surface area contributed by atoms with Gasteiger partial charge in [-0.3, -0.25) is 14.9 Å². The van der Waals surface area contributed by atoms with Crippen LogP contribution in [0.25, 0.3) is 6.08 Å². The van der Waals surface area contributed by atoms with Crippen molar-refractivity contribution in [2.75, 3.05) is 11.9 Å². The third-order valence-corrected chi connectivity index (χ3v) is 4.85. The number of aromatic carboxylic acids is 1. The summed E-state index contributed by atoms with van der Waals surface area (Å²) in [5.41, 5.74) is 1.11. The second-order valence-electron chi connectivity index (χ2n) is 5.54. The second kappa shape index (κ2) is 7.42. The van der Waals surface area contributed by atoms with Gasteiger partial charge in [-0.15, -0.1) is 0 Å². The van der Waals surface area contributed by atoms with Crippen molar-refractivity contribution in [2.24, 2.45) is 4.99 Å². The molecule has 1 N–H and O–H groups in total. The molecule has 0 spiro atoms. The Morgan fingerprint density at radius 3 is 2.52 bits per heavy atom. The molecular weight excluding hydrogens is 370 g/mol. The number of rotatable bonds is 4. The van der Waals surface area contributed by atoms with E-state index in [4.69, 9.17) is 0 Å². The molecule has 2 aromatic rings. The Morgan fingerprint density at radius 2 is 1.89 bits per heavy atom. The fourth-order valence-corrected chi connectivity index (χ4v) is 3.32. The molecule has 1 aliphatic rings. The van der Waals surface area contributed by atoms with Gasteiger partial charge in [0.15, 0.2) is 5.17 Å². The Kier molecular flexibility index (Phi) is 5.04. The summed E-state index contributed by atoms with van der Waals surface area (Å²) in [7, 11) is 1.63. The predicted octanol–water partition coefficient (Wildman–Crippen LogP) is 3.40. The molecule has 3 rings (SSSR count). The number of aliphatic imine (C=N–C) groups is 1. The number of non-ortho nitro benzene ring substituents is 1. The van der Waals surface area contributed by atoms with Crippen molar-refractivity contribution in [3.05, 3.63) is 74.7 Å². The molecule has 0 saturated heterocycles. The minimum atomic E-state index is -1.07. The van der Waals surface area contributed by atoms with Crippen LogP contribution in [0.4, 0.5) is 11.4 Å². The van der Waals surface area contributed by atoms with Crippen LogP contribution in [0.3, 0.4) is 0 Å². The topological polar surface area (TPSA) is 113 Å². The third-order valence-electron chi connectivity index (χ3n) is 3.79. The standard InChI is InChI=1S/C18H13N3O5S/c1-20(14-5-3-2-4-13(14)17(23)24)18-19-16(22)15(27-18)10-11-6-8-12(9-7-11)21(25)26/h2-10H,1H3,(H,23,24)/b15-10-. The molecule has 0 atom stereocenters. The fraction of sp³-hybridized carbons (Fsp3) is 0.0556. The molecule has 8 nitrogen and oxygen atoms in total. The van der Waals surface area contributed by atoms with Gasteiger partial charge in [0.2, 0.25) is 0 Å². The first-order chi connectivity index (χ1) is 12.9. The van der Waals surface area contributed by atoms with Gasteiger partial charge in [0.25, 0.3) is 11.6 Å². The summed E-state index contributed by atoms with van der Waals surface area (Å²) >= 11 is 1.11. The van der Waals surface area contributed by atoms with Crippen molar-refractivity contribution in [3.8, 4) is 0 Å². The summed E-state index contributed by atoms with van der Waals surface area (Å²) in [4.78, 5) is 39.7. The number of nitrogens with zero attached hydrogens (tertiary/aromatic N) is 3. The summed E-state index contributed by atoms with van der Waals surface area (Å²) in [5.74, 6) is -1.53. The lowest BCUT2D eigenvalue weighted by molar-refractivity contribution is -0.384. The van der Waals surface area contributed by atoms with Gasteiger partial charge >= 0.3 is 5.97 Å².